The summed E-state index contributed by atoms with van der Waals surface area (Å²) in [5.74, 6) is 0. The van der Waals surface area contributed by atoms with Crippen LogP contribution < -0.4 is 0 Å². The quantitative estimate of drug-likeness (QED) is 0.796. The molecule has 0 spiro atoms. The molecule has 0 saturated heterocycles. The molecule has 0 N–H and O–H groups in total. The summed E-state index contributed by atoms with van der Waals surface area (Å²) in [6.45, 7) is 0.906. The van der Waals surface area contributed by atoms with Crippen LogP contribution in [0.25, 0.3) is 5.57 Å². The molecule has 0 saturated carbocycles. The number of ether oxygens (including phenoxy) is 1. The molecule has 5 heteroatoms. The van der Waals surface area contributed by atoms with Gasteiger partial charge in [0.05, 0.1) is 5.60 Å². The molecule has 1 unspecified atom stereocenters. The summed E-state index contributed by atoms with van der Waals surface area (Å²) in [5.41, 5.74) is -0.00440. The van der Waals surface area contributed by atoms with Gasteiger partial charge in [-0.1, -0.05) is 6.08 Å². The molecular formula is C13H14F2OS2. The molecule has 0 bridgehead atoms. The summed E-state index contributed by atoms with van der Waals surface area (Å²) in [5, 5.41) is 0. The number of allylic oxidation sites excluding steroid dienone is 1. The van der Waals surface area contributed by atoms with Crippen molar-refractivity contribution in [3.05, 3.63) is 38.9 Å². The second kappa shape index (κ2) is 5.15. The minimum atomic E-state index is -2.77. The van der Waals surface area contributed by atoms with E-state index < -0.39 is 12.2 Å². The Labute approximate surface area is 115 Å². The van der Waals surface area contributed by atoms with Gasteiger partial charge in [-0.05, 0) is 37.6 Å². The number of hydrogen-bond acceptors (Lipinski definition) is 3. The van der Waals surface area contributed by atoms with E-state index in [9.17, 15) is 8.78 Å². The van der Waals surface area contributed by atoms with Gasteiger partial charge in [0.2, 0.25) is 0 Å². The molecular weight excluding hydrogens is 274 g/mol. The van der Waals surface area contributed by atoms with Crippen LogP contribution >= 0.6 is 24.0 Å². The maximum absolute atomic E-state index is 12.4. The molecule has 1 aromatic heterocycles. The van der Waals surface area contributed by atoms with E-state index in [4.69, 9.17) is 4.74 Å². The molecule has 1 aliphatic rings. The molecule has 0 aromatic carbocycles. The third-order valence-corrected chi connectivity index (χ3v) is 4.31. The monoisotopic (exact) mass is 288 g/mol. The molecule has 0 fully saturated rings. The predicted molar refractivity (Wildman–Crippen MR) is 74.2 cm³/mol. The van der Waals surface area contributed by atoms with Crippen LogP contribution in [0.4, 0.5) is 8.78 Å². The van der Waals surface area contributed by atoms with Gasteiger partial charge in [0.15, 0.2) is 0 Å². The van der Waals surface area contributed by atoms with Crippen molar-refractivity contribution in [1.82, 2.24) is 0 Å². The van der Waals surface area contributed by atoms with Crippen molar-refractivity contribution in [2.45, 2.75) is 32.5 Å². The summed E-state index contributed by atoms with van der Waals surface area (Å²) >= 11 is 6.04. The molecule has 18 heavy (non-hydrogen) atoms. The minimum absolute atomic E-state index is 0.409. The number of halogens is 2. The van der Waals surface area contributed by atoms with Crippen LogP contribution in [-0.4, -0.2) is 12.2 Å². The van der Waals surface area contributed by atoms with Crippen molar-refractivity contribution in [1.29, 1.82) is 0 Å². The molecule has 98 valence electrons. The molecule has 1 aliphatic carbocycles. The number of alkyl halides is 2. The van der Waals surface area contributed by atoms with E-state index in [2.05, 4.69) is 12.6 Å². The maximum atomic E-state index is 12.4. The average molecular weight is 288 g/mol. The zero-order chi connectivity index (χ0) is 13.3. The molecule has 1 nitrogen and oxygen atoms in total. The maximum Gasteiger partial charge on any atom is 0.346 e. The predicted octanol–water partition coefficient (Wildman–Crippen LogP) is 4.66. The van der Waals surface area contributed by atoms with Gasteiger partial charge in [0, 0.05) is 21.1 Å². The van der Waals surface area contributed by atoms with Crippen LogP contribution in [0.15, 0.2) is 29.2 Å². The molecule has 1 heterocycles. The summed E-state index contributed by atoms with van der Waals surface area (Å²) in [7, 11) is 0. The van der Waals surface area contributed by atoms with E-state index in [0.717, 1.165) is 15.4 Å². The lowest BCUT2D eigenvalue weighted by atomic mass is 9.90. The van der Waals surface area contributed by atoms with E-state index in [1.54, 1.807) is 30.4 Å². The van der Waals surface area contributed by atoms with Crippen molar-refractivity contribution >= 4 is 29.5 Å². The molecule has 1 atom stereocenters. The van der Waals surface area contributed by atoms with E-state index in [1.807, 2.05) is 19.1 Å². The second-order valence-corrected chi connectivity index (χ2v) is 6.25. The van der Waals surface area contributed by atoms with Crippen molar-refractivity contribution < 1.29 is 13.5 Å². The van der Waals surface area contributed by atoms with Gasteiger partial charge in [-0.3, -0.25) is 0 Å². The van der Waals surface area contributed by atoms with Gasteiger partial charge in [0.1, 0.15) is 0 Å². The lowest BCUT2D eigenvalue weighted by Crippen LogP contribution is -2.30. The third kappa shape index (κ3) is 3.02. The van der Waals surface area contributed by atoms with Crippen LogP contribution in [-0.2, 0) is 4.74 Å². The highest BCUT2D eigenvalue weighted by Gasteiger charge is 2.31. The fourth-order valence-electron chi connectivity index (χ4n) is 1.95. The van der Waals surface area contributed by atoms with Gasteiger partial charge in [0.25, 0.3) is 0 Å². The highest BCUT2D eigenvalue weighted by molar-refractivity contribution is 7.85. The minimum Gasteiger partial charge on any atom is -0.312 e. The normalized spacial score (nSPS) is 24.1. The number of hydrogen-bond donors (Lipinski definition) is 1. The summed E-state index contributed by atoms with van der Waals surface area (Å²) < 4.78 is 29.5. The number of thiophene rings is 1. The fraction of sp³-hybridized carbons (Fsp3) is 0.385. The smallest absolute Gasteiger partial charge is 0.312 e. The standard InChI is InChI=1S/C13H14F2OS2/c1-8-3-4-11(18-8)9-7-13(2,16-12(14)15)6-5-10(9)17/h3-6,12,17H,7H2,1-2H3. The Bertz CT molecular complexity index is 505. The average Bonchev–Trinajstić information content (AvgIpc) is 2.68. The lowest BCUT2D eigenvalue weighted by molar-refractivity contribution is -0.184. The van der Waals surface area contributed by atoms with Gasteiger partial charge in [-0.15, -0.1) is 24.0 Å². The Hall–Kier alpha value is -0.650. The van der Waals surface area contributed by atoms with E-state index >= 15 is 0 Å². The Morgan fingerprint density at radius 3 is 2.72 bits per heavy atom. The molecule has 0 amide bonds. The Balaban J connectivity index is 2.28. The molecule has 0 radical (unpaired) electrons. The van der Waals surface area contributed by atoms with Crippen LogP contribution in [0.5, 0.6) is 0 Å². The summed E-state index contributed by atoms with van der Waals surface area (Å²) in [4.78, 5) is 3.06. The Kier molecular flexibility index (Phi) is 3.94. The van der Waals surface area contributed by atoms with Gasteiger partial charge in [-0.25, -0.2) is 0 Å². The van der Waals surface area contributed by atoms with Crippen LogP contribution in [0, 0.1) is 6.92 Å². The first-order valence-electron chi connectivity index (χ1n) is 5.54. The molecule has 0 aliphatic heterocycles. The van der Waals surface area contributed by atoms with Crippen LogP contribution in [0.3, 0.4) is 0 Å². The number of rotatable bonds is 3. The van der Waals surface area contributed by atoms with Crippen molar-refractivity contribution in [3.63, 3.8) is 0 Å². The molecule has 2 rings (SSSR count). The Morgan fingerprint density at radius 1 is 1.44 bits per heavy atom. The number of aryl methyl sites for hydroxylation is 1. The highest BCUT2D eigenvalue weighted by atomic mass is 32.1. The number of thiol groups is 1. The van der Waals surface area contributed by atoms with Crippen LogP contribution in [0.2, 0.25) is 0 Å². The largest absolute Gasteiger partial charge is 0.346 e. The third-order valence-electron chi connectivity index (χ3n) is 2.83. The lowest BCUT2D eigenvalue weighted by Gasteiger charge is -2.30. The summed E-state index contributed by atoms with van der Waals surface area (Å²) in [6.07, 6.45) is 3.79. The first-order valence-corrected chi connectivity index (χ1v) is 6.80. The SMILES string of the molecule is Cc1ccc(C2=C(S)C=CC(C)(OC(F)F)C2)s1. The first-order chi connectivity index (χ1) is 8.39. The van der Waals surface area contributed by atoms with Gasteiger partial charge >= 0.3 is 6.61 Å². The van der Waals surface area contributed by atoms with E-state index in [1.165, 1.54) is 4.88 Å². The van der Waals surface area contributed by atoms with Crippen molar-refractivity contribution in [3.8, 4) is 0 Å². The highest BCUT2D eigenvalue weighted by Crippen LogP contribution is 2.40. The Morgan fingerprint density at radius 2 is 2.17 bits per heavy atom. The van der Waals surface area contributed by atoms with E-state index in [-0.39, 0.29) is 0 Å². The van der Waals surface area contributed by atoms with Crippen LogP contribution in [0.1, 0.15) is 23.1 Å². The zero-order valence-corrected chi connectivity index (χ0v) is 11.8. The van der Waals surface area contributed by atoms with E-state index in [0.29, 0.717) is 6.42 Å². The molecule has 1 aromatic rings. The topological polar surface area (TPSA) is 9.23 Å². The zero-order valence-electron chi connectivity index (χ0n) is 10.1. The summed E-state index contributed by atoms with van der Waals surface area (Å²) in [6, 6.07) is 4.01. The second-order valence-electron chi connectivity index (χ2n) is 4.48. The fourth-order valence-corrected chi connectivity index (χ4v) is 3.22. The van der Waals surface area contributed by atoms with Gasteiger partial charge < -0.3 is 4.74 Å². The van der Waals surface area contributed by atoms with Crippen molar-refractivity contribution in [2.24, 2.45) is 0 Å². The van der Waals surface area contributed by atoms with Gasteiger partial charge in [-0.2, -0.15) is 8.78 Å². The van der Waals surface area contributed by atoms with Crippen molar-refractivity contribution in [2.75, 3.05) is 0 Å². The first kappa shape index (κ1) is 13.8.